The first-order chi connectivity index (χ1) is 11.0. The maximum Gasteiger partial charge on any atom is 0.340 e. The zero-order chi connectivity index (χ0) is 16.8. The maximum absolute atomic E-state index is 12.0. The molecule has 0 spiro atoms. The average Bonchev–Trinajstić information content (AvgIpc) is 2.94. The van der Waals surface area contributed by atoms with E-state index in [0.29, 0.717) is 5.56 Å². The van der Waals surface area contributed by atoms with Gasteiger partial charge >= 0.3 is 5.97 Å². The molecule has 0 unspecified atom stereocenters. The lowest BCUT2D eigenvalue weighted by molar-refractivity contribution is -0.128. The van der Waals surface area contributed by atoms with Crippen LogP contribution in [0.5, 0.6) is 0 Å². The first-order valence-corrected chi connectivity index (χ1v) is 7.26. The number of hydrogen-bond acceptors (Lipinski definition) is 4. The minimum atomic E-state index is -0.593. The van der Waals surface area contributed by atoms with E-state index < -0.39 is 18.5 Å². The molecule has 1 aromatic carbocycles. The number of ether oxygens (including phenoxy) is 1. The van der Waals surface area contributed by atoms with Crippen LogP contribution in [0, 0.1) is 0 Å². The lowest BCUT2D eigenvalue weighted by Gasteiger charge is -2.09. The van der Waals surface area contributed by atoms with Crippen LogP contribution in [0.4, 0.5) is 0 Å². The summed E-state index contributed by atoms with van der Waals surface area (Å²) in [5.74, 6) is -1.42. The van der Waals surface area contributed by atoms with E-state index in [9.17, 15) is 14.4 Å². The number of H-pyrrole nitrogens is 1. The van der Waals surface area contributed by atoms with Gasteiger partial charge in [-0.2, -0.15) is 0 Å². The van der Waals surface area contributed by atoms with Gasteiger partial charge in [0.2, 0.25) is 5.91 Å². The van der Waals surface area contributed by atoms with Crippen LogP contribution < -0.4 is 10.6 Å². The quantitative estimate of drug-likeness (QED) is 0.691. The van der Waals surface area contributed by atoms with E-state index in [0.717, 1.165) is 10.9 Å². The predicted octanol–water partition coefficient (Wildman–Crippen LogP) is 0.966. The van der Waals surface area contributed by atoms with Gasteiger partial charge in [0.05, 0.1) is 12.1 Å². The van der Waals surface area contributed by atoms with Crippen LogP contribution in [-0.2, 0) is 14.3 Å². The van der Waals surface area contributed by atoms with Crippen LogP contribution in [-0.4, -0.2) is 42.0 Å². The fourth-order valence-corrected chi connectivity index (χ4v) is 2.05. The molecular weight excluding hydrogens is 298 g/mol. The number of rotatable bonds is 6. The van der Waals surface area contributed by atoms with E-state index in [1.54, 1.807) is 12.3 Å². The Balaban J connectivity index is 1.82. The Bertz CT molecular complexity index is 721. The number of carbonyl (C=O) groups is 3. The number of aromatic amines is 1. The number of para-hydroxylation sites is 1. The van der Waals surface area contributed by atoms with Gasteiger partial charge in [0.15, 0.2) is 6.61 Å². The Morgan fingerprint density at radius 3 is 2.65 bits per heavy atom. The van der Waals surface area contributed by atoms with Crippen molar-refractivity contribution in [3.8, 4) is 0 Å². The van der Waals surface area contributed by atoms with Crippen LogP contribution >= 0.6 is 0 Å². The van der Waals surface area contributed by atoms with Crippen LogP contribution in [0.3, 0.4) is 0 Å². The minimum absolute atomic E-state index is 0.000832. The second-order valence-corrected chi connectivity index (χ2v) is 5.32. The third-order valence-corrected chi connectivity index (χ3v) is 3.04. The predicted molar refractivity (Wildman–Crippen MR) is 84.9 cm³/mol. The molecule has 7 heteroatoms. The van der Waals surface area contributed by atoms with Gasteiger partial charge in [-0.1, -0.05) is 18.2 Å². The van der Waals surface area contributed by atoms with Gasteiger partial charge < -0.3 is 20.4 Å². The van der Waals surface area contributed by atoms with Crippen molar-refractivity contribution in [2.75, 3.05) is 13.2 Å². The van der Waals surface area contributed by atoms with Crippen molar-refractivity contribution in [2.45, 2.75) is 19.9 Å². The summed E-state index contributed by atoms with van der Waals surface area (Å²) in [5.41, 5.74) is 1.18. The van der Waals surface area contributed by atoms with Crippen LogP contribution in [0.25, 0.3) is 10.9 Å². The van der Waals surface area contributed by atoms with Crippen molar-refractivity contribution in [1.29, 1.82) is 0 Å². The van der Waals surface area contributed by atoms with E-state index >= 15 is 0 Å². The van der Waals surface area contributed by atoms with Gasteiger partial charge in [-0.25, -0.2) is 4.79 Å². The largest absolute Gasteiger partial charge is 0.452 e. The first-order valence-electron chi connectivity index (χ1n) is 7.26. The summed E-state index contributed by atoms with van der Waals surface area (Å²) in [6.07, 6.45) is 1.54. The summed E-state index contributed by atoms with van der Waals surface area (Å²) in [6, 6.07) is 7.29. The molecule has 0 fully saturated rings. The highest BCUT2D eigenvalue weighted by molar-refractivity contribution is 6.04. The molecule has 1 heterocycles. The summed E-state index contributed by atoms with van der Waals surface area (Å²) in [7, 11) is 0. The third kappa shape index (κ3) is 4.57. The van der Waals surface area contributed by atoms with E-state index in [1.165, 1.54) is 0 Å². The van der Waals surface area contributed by atoms with Crippen molar-refractivity contribution < 1.29 is 19.1 Å². The first kappa shape index (κ1) is 16.5. The fourth-order valence-electron chi connectivity index (χ4n) is 2.05. The molecular formula is C16H19N3O4. The molecule has 0 aliphatic rings. The van der Waals surface area contributed by atoms with Gasteiger partial charge in [0, 0.05) is 23.1 Å². The van der Waals surface area contributed by atoms with E-state index in [4.69, 9.17) is 4.74 Å². The number of benzene rings is 1. The lowest BCUT2D eigenvalue weighted by atomic mass is 10.2. The van der Waals surface area contributed by atoms with Crippen molar-refractivity contribution in [3.05, 3.63) is 36.0 Å². The fraction of sp³-hybridized carbons (Fsp3) is 0.312. The number of fused-ring (bicyclic) bond motifs is 1. The molecule has 2 rings (SSSR count). The summed E-state index contributed by atoms with van der Waals surface area (Å²) in [5, 5.41) is 5.76. The molecule has 122 valence electrons. The average molecular weight is 317 g/mol. The molecule has 23 heavy (non-hydrogen) atoms. The van der Waals surface area contributed by atoms with Crippen LogP contribution in [0.1, 0.15) is 24.2 Å². The van der Waals surface area contributed by atoms with Gasteiger partial charge in [-0.3, -0.25) is 9.59 Å². The molecule has 0 aliphatic carbocycles. The molecule has 0 aliphatic heterocycles. The van der Waals surface area contributed by atoms with E-state index in [-0.39, 0.29) is 18.5 Å². The summed E-state index contributed by atoms with van der Waals surface area (Å²) in [6.45, 7) is 3.06. The molecule has 0 radical (unpaired) electrons. The SMILES string of the molecule is CC(C)NC(=O)CNC(=O)COC(=O)c1c[nH]c2ccccc12. The molecule has 0 atom stereocenters. The third-order valence-electron chi connectivity index (χ3n) is 3.04. The normalized spacial score (nSPS) is 10.6. The summed E-state index contributed by atoms with van der Waals surface area (Å²) >= 11 is 0. The molecule has 0 saturated heterocycles. The number of aromatic nitrogens is 1. The Labute approximate surface area is 133 Å². The second kappa shape index (κ2) is 7.44. The molecule has 0 bridgehead atoms. The molecule has 1 aromatic heterocycles. The summed E-state index contributed by atoms with van der Waals surface area (Å²) < 4.78 is 4.97. The van der Waals surface area contributed by atoms with Gasteiger partial charge in [-0.05, 0) is 19.9 Å². The van der Waals surface area contributed by atoms with Crippen molar-refractivity contribution in [1.82, 2.24) is 15.6 Å². The Morgan fingerprint density at radius 1 is 1.17 bits per heavy atom. The number of amides is 2. The van der Waals surface area contributed by atoms with E-state index in [2.05, 4.69) is 15.6 Å². The number of nitrogens with one attached hydrogen (secondary N) is 3. The van der Waals surface area contributed by atoms with Crippen LogP contribution in [0.15, 0.2) is 30.5 Å². The van der Waals surface area contributed by atoms with Crippen molar-refractivity contribution in [3.63, 3.8) is 0 Å². The van der Waals surface area contributed by atoms with Gasteiger partial charge in [-0.15, -0.1) is 0 Å². The number of hydrogen-bond donors (Lipinski definition) is 3. The Kier molecular flexibility index (Phi) is 5.35. The monoisotopic (exact) mass is 317 g/mol. The summed E-state index contributed by atoms with van der Waals surface area (Å²) in [4.78, 5) is 38.0. The molecule has 0 saturated carbocycles. The number of esters is 1. The van der Waals surface area contributed by atoms with Crippen molar-refractivity contribution >= 4 is 28.7 Å². The standard InChI is InChI=1S/C16H19N3O4/c1-10(2)19-14(20)8-18-15(21)9-23-16(22)12-7-17-13-6-4-3-5-11(12)13/h3-7,10,17H,8-9H2,1-2H3,(H,18,21)(H,19,20). The maximum atomic E-state index is 12.0. The molecule has 2 aromatic rings. The van der Waals surface area contributed by atoms with Crippen molar-refractivity contribution in [2.24, 2.45) is 0 Å². The Hall–Kier alpha value is -2.83. The number of carbonyl (C=O) groups excluding carboxylic acids is 3. The zero-order valence-corrected chi connectivity index (χ0v) is 13.0. The zero-order valence-electron chi connectivity index (χ0n) is 13.0. The molecule has 7 nitrogen and oxygen atoms in total. The van der Waals surface area contributed by atoms with Gasteiger partial charge in [0.1, 0.15) is 0 Å². The highest BCUT2D eigenvalue weighted by Crippen LogP contribution is 2.18. The lowest BCUT2D eigenvalue weighted by Crippen LogP contribution is -2.41. The molecule has 3 N–H and O–H groups in total. The Morgan fingerprint density at radius 2 is 1.91 bits per heavy atom. The minimum Gasteiger partial charge on any atom is -0.452 e. The topological polar surface area (TPSA) is 100 Å². The smallest absolute Gasteiger partial charge is 0.340 e. The highest BCUT2D eigenvalue weighted by Gasteiger charge is 2.15. The second-order valence-electron chi connectivity index (χ2n) is 5.32. The van der Waals surface area contributed by atoms with E-state index in [1.807, 2.05) is 32.0 Å². The van der Waals surface area contributed by atoms with Gasteiger partial charge in [0.25, 0.3) is 5.91 Å². The highest BCUT2D eigenvalue weighted by atomic mass is 16.5. The van der Waals surface area contributed by atoms with Crippen LogP contribution in [0.2, 0.25) is 0 Å². The molecule has 2 amide bonds.